The molecule has 0 aliphatic carbocycles. The standard InChI is InChI=1S/C17H21N3O5S/c1-11-17(12(2)25-20-11)26(22,23)18-9-7-16(21)19-14-8-10-24-15-6-4-3-5-13(14)15/h3-6,14,18H,7-10H2,1-2H3,(H,19,21)/t14-/m1/s1. The molecule has 9 heteroatoms. The molecular weight excluding hydrogens is 358 g/mol. The van der Waals surface area contributed by atoms with E-state index in [9.17, 15) is 13.2 Å². The van der Waals surface area contributed by atoms with Crippen LogP contribution >= 0.6 is 0 Å². The Morgan fingerprint density at radius 3 is 2.81 bits per heavy atom. The average molecular weight is 379 g/mol. The fraction of sp³-hybridized carbons (Fsp3) is 0.412. The largest absolute Gasteiger partial charge is 0.493 e. The first-order valence-electron chi connectivity index (χ1n) is 8.32. The van der Waals surface area contributed by atoms with E-state index in [1.807, 2.05) is 24.3 Å². The minimum Gasteiger partial charge on any atom is -0.493 e. The van der Waals surface area contributed by atoms with Crippen molar-refractivity contribution in [2.75, 3.05) is 13.2 Å². The molecule has 140 valence electrons. The lowest BCUT2D eigenvalue weighted by Crippen LogP contribution is -2.35. The maximum Gasteiger partial charge on any atom is 0.245 e. The Hall–Kier alpha value is -2.39. The molecule has 1 atom stereocenters. The first-order valence-corrected chi connectivity index (χ1v) is 9.80. The summed E-state index contributed by atoms with van der Waals surface area (Å²) >= 11 is 0. The number of rotatable bonds is 6. The number of amides is 1. The second kappa shape index (κ2) is 7.46. The van der Waals surface area contributed by atoms with Gasteiger partial charge >= 0.3 is 0 Å². The van der Waals surface area contributed by atoms with Crippen LogP contribution in [0.2, 0.25) is 0 Å². The van der Waals surface area contributed by atoms with E-state index in [-0.39, 0.29) is 35.6 Å². The Morgan fingerprint density at radius 2 is 2.08 bits per heavy atom. The van der Waals surface area contributed by atoms with E-state index in [2.05, 4.69) is 15.2 Å². The van der Waals surface area contributed by atoms with Crippen LogP contribution in [0.3, 0.4) is 0 Å². The number of benzene rings is 1. The van der Waals surface area contributed by atoms with Crippen LogP contribution in [-0.2, 0) is 14.8 Å². The number of hydrogen-bond donors (Lipinski definition) is 2. The van der Waals surface area contributed by atoms with Crippen molar-refractivity contribution in [3.8, 4) is 5.75 Å². The zero-order valence-corrected chi connectivity index (χ0v) is 15.4. The second-order valence-corrected chi connectivity index (χ2v) is 7.80. The number of ether oxygens (including phenoxy) is 1. The number of carbonyl (C=O) groups excluding carboxylic acids is 1. The molecule has 0 spiro atoms. The summed E-state index contributed by atoms with van der Waals surface area (Å²) in [4.78, 5) is 12.2. The highest BCUT2D eigenvalue weighted by Gasteiger charge is 2.25. The number of para-hydroxylation sites is 1. The topological polar surface area (TPSA) is 111 Å². The van der Waals surface area contributed by atoms with E-state index in [1.165, 1.54) is 6.92 Å². The van der Waals surface area contributed by atoms with Gasteiger partial charge in [0.25, 0.3) is 0 Å². The van der Waals surface area contributed by atoms with E-state index < -0.39 is 10.0 Å². The Labute approximate surface area is 152 Å². The molecule has 1 aromatic carbocycles. The van der Waals surface area contributed by atoms with Gasteiger partial charge in [-0.2, -0.15) is 0 Å². The van der Waals surface area contributed by atoms with E-state index in [0.717, 1.165) is 11.3 Å². The third-order valence-corrected chi connectivity index (χ3v) is 5.88. The van der Waals surface area contributed by atoms with E-state index in [4.69, 9.17) is 9.26 Å². The van der Waals surface area contributed by atoms with Gasteiger partial charge in [-0.15, -0.1) is 0 Å². The van der Waals surface area contributed by atoms with E-state index >= 15 is 0 Å². The summed E-state index contributed by atoms with van der Waals surface area (Å²) in [6.45, 7) is 3.61. The van der Waals surface area contributed by atoms with Crippen molar-refractivity contribution in [1.29, 1.82) is 0 Å². The van der Waals surface area contributed by atoms with Gasteiger partial charge < -0.3 is 14.6 Å². The first-order chi connectivity index (χ1) is 12.4. The van der Waals surface area contributed by atoms with E-state index in [1.54, 1.807) is 6.92 Å². The number of nitrogens with one attached hydrogen (secondary N) is 2. The number of hydrogen-bond acceptors (Lipinski definition) is 6. The predicted molar refractivity (Wildman–Crippen MR) is 93.2 cm³/mol. The van der Waals surface area contributed by atoms with Crippen molar-refractivity contribution >= 4 is 15.9 Å². The van der Waals surface area contributed by atoms with Crippen LogP contribution in [0.4, 0.5) is 0 Å². The van der Waals surface area contributed by atoms with Crippen molar-refractivity contribution in [3.05, 3.63) is 41.3 Å². The summed E-state index contributed by atoms with van der Waals surface area (Å²) < 4.78 is 37.5. The highest BCUT2D eigenvalue weighted by Crippen LogP contribution is 2.31. The van der Waals surface area contributed by atoms with Gasteiger partial charge in [0.2, 0.25) is 15.9 Å². The Balaban J connectivity index is 1.56. The van der Waals surface area contributed by atoms with Gasteiger partial charge in [0.15, 0.2) is 5.76 Å². The Bertz CT molecular complexity index is 887. The van der Waals surface area contributed by atoms with Gasteiger partial charge in [-0.25, -0.2) is 13.1 Å². The third-order valence-electron chi connectivity index (χ3n) is 4.17. The van der Waals surface area contributed by atoms with Crippen molar-refractivity contribution in [3.63, 3.8) is 0 Å². The summed E-state index contributed by atoms with van der Waals surface area (Å²) in [5, 5.41) is 6.57. The number of sulfonamides is 1. The molecule has 3 rings (SSSR count). The summed E-state index contributed by atoms with van der Waals surface area (Å²) in [7, 11) is -3.76. The molecule has 0 saturated heterocycles. The maximum atomic E-state index is 12.3. The number of aryl methyl sites for hydroxylation is 2. The molecule has 2 aromatic rings. The van der Waals surface area contributed by atoms with Gasteiger partial charge in [-0.3, -0.25) is 4.79 Å². The van der Waals surface area contributed by atoms with Crippen LogP contribution in [0.15, 0.2) is 33.7 Å². The highest BCUT2D eigenvalue weighted by atomic mass is 32.2. The van der Waals surface area contributed by atoms with Crippen LogP contribution in [0, 0.1) is 13.8 Å². The van der Waals surface area contributed by atoms with Crippen molar-refractivity contribution in [2.24, 2.45) is 0 Å². The Morgan fingerprint density at radius 1 is 1.31 bits per heavy atom. The molecule has 2 N–H and O–H groups in total. The highest BCUT2D eigenvalue weighted by molar-refractivity contribution is 7.89. The zero-order valence-electron chi connectivity index (χ0n) is 14.6. The molecule has 1 amide bonds. The molecule has 0 bridgehead atoms. The van der Waals surface area contributed by atoms with Gasteiger partial charge in [0.1, 0.15) is 16.3 Å². The minimum atomic E-state index is -3.76. The molecule has 0 fully saturated rings. The molecule has 0 unspecified atom stereocenters. The molecule has 0 radical (unpaired) electrons. The molecule has 26 heavy (non-hydrogen) atoms. The molecule has 2 heterocycles. The van der Waals surface area contributed by atoms with Crippen LogP contribution in [-0.4, -0.2) is 32.6 Å². The van der Waals surface area contributed by atoms with Gasteiger partial charge in [0, 0.05) is 24.9 Å². The van der Waals surface area contributed by atoms with Crippen LogP contribution in [0.1, 0.15) is 35.9 Å². The van der Waals surface area contributed by atoms with Crippen molar-refractivity contribution in [1.82, 2.24) is 15.2 Å². The van der Waals surface area contributed by atoms with Gasteiger partial charge in [0.05, 0.1) is 12.6 Å². The second-order valence-electron chi connectivity index (χ2n) is 6.10. The third kappa shape index (κ3) is 3.88. The zero-order chi connectivity index (χ0) is 18.7. The molecule has 0 saturated carbocycles. The minimum absolute atomic E-state index is 0.0108. The van der Waals surface area contributed by atoms with Crippen LogP contribution < -0.4 is 14.8 Å². The van der Waals surface area contributed by atoms with Crippen molar-refractivity contribution < 1.29 is 22.5 Å². The summed E-state index contributed by atoms with van der Waals surface area (Å²) in [5.74, 6) is 0.759. The number of carbonyl (C=O) groups is 1. The lowest BCUT2D eigenvalue weighted by atomic mass is 10.0. The lowest BCUT2D eigenvalue weighted by Gasteiger charge is -2.26. The average Bonchev–Trinajstić information content (AvgIpc) is 2.94. The van der Waals surface area contributed by atoms with E-state index in [0.29, 0.717) is 18.7 Å². The fourth-order valence-corrected chi connectivity index (χ4v) is 4.34. The summed E-state index contributed by atoms with van der Waals surface area (Å²) in [6.07, 6.45) is 0.704. The molecule has 1 aliphatic rings. The molecular formula is C17H21N3O5S. The maximum absolute atomic E-state index is 12.3. The normalized spacial score (nSPS) is 16.6. The van der Waals surface area contributed by atoms with Crippen LogP contribution in [0.25, 0.3) is 0 Å². The molecule has 8 nitrogen and oxygen atoms in total. The summed E-state index contributed by atoms with van der Waals surface area (Å²) in [6, 6.07) is 7.42. The Kier molecular flexibility index (Phi) is 5.28. The monoisotopic (exact) mass is 379 g/mol. The lowest BCUT2D eigenvalue weighted by molar-refractivity contribution is -0.121. The van der Waals surface area contributed by atoms with Gasteiger partial charge in [-0.1, -0.05) is 23.4 Å². The smallest absolute Gasteiger partial charge is 0.245 e. The number of fused-ring (bicyclic) bond motifs is 1. The summed E-state index contributed by atoms with van der Waals surface area (Å²) in [5.41, 5.74) is 1.22. The first kappa shape index (κ1) is 18.4. The number of aromatic nitrogens is 1. The predicted octanol–water partition coefficient (Wildman–Crippen LogP) is 1.60. The van der Waals surface area contributed by atoms with Crippen LogP contribution in [0.5, 0.6) is 5.75 Å². The van der Waals surface area contributed by atoms with Crippen molar-refractivity contribution in [2.45, 2.75) is 37.6 Å². The molecule has 1 aromatic heterocycles. The quantitative estimate of drug-likeness (QED) is 0.789. The SMILES string of the molecule is Cc1noc(C)c1S(=O)(=O)NCCC(=O)N[C@@H]1CCOc2ccccc21. The fourth-order valence-electron chi connectivity index (χ4n) is 2.99. The van der Waals surface area contributed by atoms with Gasteiger partial charge in [-0.05, 0) is 19.9 Å². The number of nitrogens with zero attached hydrogens (tertiary/aromatic N) is 1. The molecule has 1 aliphatic heterocycles.